The molecule has 0 unspecified atom stereocenters. The van der Waals surface area contributed by atoms with Crippen molar-refractivity contribution in [3.63, 3.8) is 0 Å². The molecule has 0 aliphatic heterocycles. The third-order valence-electron chi connectivity index (χ3n) is 4.19. The van der Waals surface area contributed by atoms with Crippen molar-refractivity contribution in [3.8, 4) is 17.7 Å². The van der Waals surface area contributed by atoms with E-state index < -0.39 is 10.0 Å². The molecule has 28 heavy (non-hydrogen) atoms. The lowest BCUT2D eigenvalue weighted by Gasteiger charge is -2.13. The van der Waals surface area contributed by atoms with Gasteiger partial charge in [0.05, 0.1) is 10.6 Å². The van der Waals surface area contributed by atoms with Crippen LogP contribution in [0.15, 0.2) is 65.7 Å². The van der Waals surface area contributed by atoms with Crippen molar-refractivity contribution in [2.45, 2.75) is 25.2 Å². The topological polar surface area (TPSA) is 92.1 Å². The molecular formula is C21H19N3O3S. The summed E-state index contributed by atoms with van der Waals surface area (Å²) in [5.74, 6) is 0.664. The highest BCUT2D eigenvalue weighted by Gasteiger charge is 2.16. The van der Waals surface area contributed by atoms with Gasteiger partial charge in [-0.1, -0.05) is 19.1 Å². The van der Waals surface area contributed by atoms with Gasteiger partial charge < -0.3 is 4.74 Å². The predicted molar refractivity (Wildman–Crippen MR) is 107 cm³/mol. The first-order chi connectivity index (χ1) is 13.4. The number of aromatic nitrogens is 1. The smallest absolute Gasteiger partial charge is 0.261 e. The summed E-state index contributed by atoms with van der Waals surface area (Å²) < 4.78 is 33.5. The number of benzene rings is 2. The van der Waals surface area contributed by atoms with E-state index in [0.29, 0.717) is 22.6 Å². The average Bonchev–Trinajstić information content (AvgIpc) is 2.70. The van der Waals surface area contributed by atoms with Gasteiger partial charge in [-0.3, -0.25) is 4.72 Å². The van der Waals surface area contributed by atoms with Gasteiger partial charge in [-0.15, -0.1) is 0 Å². The minimum atomic E-state index is -3.69. The summed E-state index contributed by atoms with van der Waals surface area (Å²) in [7, 11) is -3.69. The summed E-state index contributed by atoms with van der Waals surface area (Å²) in [6.07, 6.45) is 2.38. The van der Waals surface area contributed by atoms with E-state index in [-0.39, 0.29) is 10.8 Å². The molecule has 1 heterocycles. The number of nitriles is 1. The van der Waals surface area contributed by atoms with E-state index in [1.54, 1.807) is 61.5 Å². The van der Waals surface area contributed by atoms with Gasteiger partial charge in [0.25, 0.3) is 10.0 Å². The second kappa shape index (κ2) is 8.11. The van der Waals surface area contributed by atoms with Crippen LogP contribution in [-0.4, -0.2) is 13.4 Å². The van der Waals surface area contributed by atoms with E-state index in [1.165, 1.54) is 6.20 Å². The molecule has 2 aromatic carbocycles. The summed E-state index contributed by atoms with van der Waals surface area (Å²) in [6.45, 7) is 3.79. The van der Waals surface area contributed by atoms with Crippen molar-refractivity contribution in [1.29, 1.82) is 5.26 Å². The van der Waals surface area contributed by atoms with Gasteiger partial charge in [0.15, 0.2) is 0 Å². The average molecular weight is 393 g/mol. The Morgan fingerprint density at radius 2 is 1.89 bits per heavy atom. The Balaban J connectivity index is 1.81. The van der Waals surface area contributed by atoms with Gasteiger partial charge in [-0.25, -0.2) is 13.4 Å². The summed E-state index contributed by atoms with van der Waals surface area (Å²) >= 11 is 0. The van der Waals surface area contributed by atoms with Crippen molar-refractivity contribution in [2.24, 2.45) is 0 Å². The lowest BCUT2D eigenvalue weighted by atomic mass is 10.2. The van der Waals surface area contributed by atoms with E-state index in [1.807, 2.05) is 13.0 Å². The van der Waals surface area contributed by atoms with Gasteiger partial charge in [0, 0.05) is 6.20 Å². The maximum atomic E-state index is 12.6. The Bertz CT molecular complexity index is 1130. The van der Waals surface area contributed by atoms with Crippen LogP contribution in [0.5, 0.6) is 11.6 Å². The molecule has 0 amide bonds. The molecule has 1 aromatic heterocycles. The first-order valence-electron chi connectivity index (χ1n) is 8.68. The fraction of sp³-hybridized carbons (Fsp3) is 0.143. The number of hydrogen-bond donors (Lipinski definition) is 1. The monoisotopic (exact) mass is 393 g/mol. The van der Waals surface area contributed by atoms with E-state index in [2.05, 4.69) is 9.71 Å². The quantitative estimate of drug-likeness (QED) is 0.669. The third kappa shape index (κ3) is 4.30. The molecule has 0 bridgehead atoms. The largest absolute Gasteiger partial charge is 0.438 e. The Labute approximate surface area is 164 Å². The number of anilines is 1. The number of ether oxygens (including phenoxy) is 1. The molecule has 0 saturated carbocycles. The minimum absolute atomic E-state index is 0.203. The van der Waals surface area contributed by atoms with Crippen LogP contribution < -0.4 is 9.46 Å². The normalized spacial score (nSPS) is 10.9. The van der Waals surface area contributed by atoms with Crippen LogP contribution in [0, 0.1) is 18.3 Å². The number of rotatable bonds is 6. The molecule has 0 fully saturated rings. The minimum Gasteiger partial charge on any atom is -0.438 e. The highest BCUT2D eigenvalue weighted by molar-refractivity contribution is 7.92. The predicted octanol–water partition coefficient (Wildman–Crippen LogP) is 4.42. The zero-order valence-electron chi connectivity index (χ0n) is 15.5. The zero-order valence-corrected chi connectivity index (χ0v) is 16.3. The molecule has 0 aliphatic rings. The molecule has 7 heteroatoms. The zero-order chi connectivity index (χ0) is 20.1. The van der Waals surface area contributed by atoms with Crippen molar-refractivity contribution in [3.05, 3.63) is 77.5 Å². The summed E-state index contributed by atoms with van der Waals surface area (Å²) in [6, 6.07) is 17.0. The maximum Gasteiger partial charge on any atom is 0.261 e. The van der Waals surface area contributed by atoms with Gasteiger partial charge >= 0.3 is 0 Å². The number of sulfonamides is 1. The van der Waals surface area contributed by atoms with Crippen LogP contribution in [0.2, 0.25) is 0 Å². The number of pyridine rings is 1. The molecule has 1 N–H and O–H groups in total. The maximum absolute atomic E-state index is 12.6. The second-order valence-corrected chi connectivity index (χ2v) is 7.83. The van der Waals surface area contributed by atoms with E-state index in [0.717, 1.165) is 12.0 Å². The molecule has 0 radical (unpaired) electrons. The number of hydrogen-bond acceptors (Lipinski definition) is 5. The van der Waals surface area contributed by atoms with Crippen LogP contribution >= 0.6 is 0 Å². The van der Waals surface area contributed by atoms with Crippen LogP contribution in [0.3, 0.4) is 0 Å². The number of nitrogens with one attached hydrogen (secondary N) is 1. The first-order valence-corrected chi connectivity index (χ1v) is 10.2. The highest BCUT2D eigenvalue weighted by atomic mass is 32.2. The lowest BCUT2D eigenvalue weighted by molar-refractivity contribution is 0.461. The lowest BCUT2D eigenvalue weighted by Crippen LogP contribution is -2.13. The van der Waals surface area contributed by atoms with Crippen molar-refractivity contribution >= 4 is 15.7 Å². The Kier molecular flexibility index (Phi) is 5.62. The van der Waals surface area contributed by atoms with Crippen LogP contribution in [0.1, 0.15) is 23.6 Å². The van der Waals surface area contributed by atoms with E-state index >= 15 is 0 Å². The Morgan fingerprint density at radius 3 is 2.54 bits per heavy atom. The second-order valence-electron chi connectivity index (χ2n) is 6.15. The van der Waals surface area contributed by atoms with Crippen LogP contribution in [0.4, 0.5) is 5.69 Å². The number of nitrogens with zero attached hydrogens (tertiary/aromatic N) is 2. The fourth-order valence-electron chi connectivity index (χ4n) is 2.59. The number of aryl methyl sites for hydroxylation is 2. The molecule has 6 nitrogen and oxygen atoms in total. The summed E-state index contributed by atoms with van der Waals surface area (Å²) in [4.78, 5) is 4.26. The van der Waals surface area contributed by atoms with Crippen molar-refractivity contribution in [2.75, 3.05) is 4.72 Å². The molecule has 142 valence electrons. The molecule has 3 aromatic rings. The van der Waals surface area contributed by atoms with Crippen molar-refractivity contribution in [1.82, 2.24) is 4.98 Å². The van der Waals surface area contributed by atoms with Gasteiger partial charge in [-0.05, 0) is 66.9 Å². The van der Waals surface area contributed by atoms with Crippen LogP contribution in [0.25, 0.3) is 0 Å². The van der Waals surface area contributed by atoms with Crippen LogP contribution in [-0.2, 0) is 16.4 Å². The third-order valence-corrected chi connectivity index (χ3v) is 5.57. The molecule has 0 aliphatic carbocycles. The standard InChI is InChI=1S/C21H19N3O3S/c1-3-16-6-9-19(10-7-16)28(25,26)24-20-11-8-18(13-15(20)2)27-21-17(14-22)5-4-12-23-21/h4-13,24H,3H2,1-2H3. The van der Waals surface area contributed by atoms with Gasteiger partial charge in [0.2, 0.25) is 5.88 Å². The highest BCUT2D eigenvalue weighted by Crippen LogP contribution is 2.28. The fourth-order valence-corrected chi connectivity index (χ4v) is 3.72. The molecular weight excluding hydrogens is 374 g/mol. The Morgan fingerprint density at radius 1 is 1.14 bits per heavy atom. The first kappa shape index (κ1) is 19.4. The molecule has 0 saturated heterocycles. The molecule has 3 rings (SSSR count). The van der Waals surface area contributed by atoms with E-state index in [9.17, 15) is 8.42 Å². The Hall–Kier alpha value is -3.37. The van der Waals surface area contributed by atoms with E-state index in [4.69, 9.17) is 10.00 Å². The van der Waals surface area contributed by atoms with Crippen molar-refractivity contribution < 1.29 is 13.2 Å². The molecule has 0 atom stereocenters. The summed E-state index contributed by atoms with van der Waals surface area (Å²) in [5, 5.41) is 9.12. The SMILES string of the molecule is CCc1ccc(S(=O)(=O)Nc2ccc(Oc3ncccc3C#N)cc2C)cc1. The van der Waals surface area contributed by atoms with Gasteiger partial charge in [-0.2, -0.15) is 5.26 Å². The molecule has 0 spiro atoms. The summed E-state index contributed by atoms with van der Waals surface area (Å²) in [5.41, 5.74) is 2.53. The van der Waals surface area contributed by atoms with Gasteiger partial charge in [0.1, 0.15) is 17.4 Å².